The number of pyridine rings is 1. The first kappa shape index (κ1) is 13.9. The van der Waals surface area contributed by atoms with Gasteiger partial charge >= 0.3 is 0 Å². The highest BCUT2D eigenvalue weighted by atomic mass is 35.5. The Morgan fingerprint density at radius 2 is 2.17 bits per heavy atom. The Morgan fingerprint density at radius 1 is 1.44 bits per heavy atom. The number of halogens is 1. The fraction of sp³-hybridized carbons (Fsp3) is 0.200. The Kier molecular flexibility index (Phi) is 4.20. The number of nitrogen functional groups attached to an aromatic ring is 1. The zero-order chi connectivity index (χ0) is 12.4. The van der Waals surface area contributed by atoms with Crippen molar-refractivity contribution in [1.29, 1.82) is 5.26 Å². The fourth-order valence-corrected chi connectivity index (χ4v) is 1.38. The topological polar surface area (TPSA) is 119 Å². The molecule has 7 nitrogen and oxygen atoms in total. The molecule has 2 heterocycles. The van der Waals surface area contributed by atoms with Gasteiger partial charge in [0.15, 0.2) is 11.6 Å². The van der Waals surface area contributed by atoms with Gasteiger partial charge in [-0.25, -0.2) is 4.98 Å². The van der Waals surface area contributed by atoms with Crippen LogP contribution >= 0.6 is 12.4 Å². The molecule has 0 aliphatic heterocycles. The summed E-state index contributed by atoms with van der Waals surface area (Å²) in [6, 6.07) is 4.99. The molecule has 0 saturated carbocycles. The van der Waals surface area contributed by atoms with Gasteiger partial charge in [-0.15, -0.1) is 17.5 Å². The standard InChI is InChI=1S/C10H11N7.ClH/c1-6(12)9-15-10(13)16-17(9)8-3-2-7(4-11)5-14-8;/h2-3,5-6H,12H2,1H3,(H2,13,16);1H/t6-;/m0./s1. The van der Waals surface area contributed by atoms with Crippen LogP contribution in [0.25, 0.3) is 5.82 Å². The van der Waals surface area contributed by atoms with Gasteiger partial charge in [0.25, 0.3) is 0 Å². The second-order valence-corrected chi connectivity index (χ2v) is 3.55. The van der Waals surface area contributed by atoms with Crippen LogP contribution in [0, 0.1) is 11.3 Å². The summed E-state index contributed by atoms with van der Waals surface area (Å²) in [4.78, 5) is 8.13. The van der Waals surface area contributed by atoms with Crippen LogP contribution in [0.4, 0.5) is 5.95 Å². The molecular weight excluding hydrogens is 254 g/mol. The first-order valence-electron chi connectivity index (χ1n) is 4.96. The molecule has 0 amide bonds. The molecule has 2 rings (SSSR count). The summed E-state index contributed by atoms with van der Waals surface area (Å²) in [6.07, 6.45) is 1.46. The van der Waals surface area contributed by atoms with Gasteiger partial charge in [-0.3, -0.25) is 0 Å². The highest BCUT2D eigenvalue weighted by Gasteiger charge is 2.14. The first-order chi connectivity index (χ1) is 8.11. The Labute approximate surface area is 110 Å². The van der Waals surface area contributed by atoms with Crippen molar-refractivity contribution in [1.82, 2.24) is 19.7 Å². The minimum Gasteiger partial charge on any atom is -0.366 e. The van der Waals surface area contributed by atoms with Crippen molar-refractivity contribution in [2.45, 2.75) is 13.0 Å². The molecule has 0 aromatic carbocycles. The van der Waals surface area contributed by atoms with E-state index < -0.39 is 0 Å². The van der Waals surface area contributed by atoms with Gasteiger partial charge in [0, 0.05) is 6.20 Å². The third-order valence-corrected chi connectivity index (χ3v) is 2.15. The fourth-order valence-electron chi connectivity index (χ4n) is 1.38. The quantitative estimate of drug-likeness (QED) is 0.819. The van der Waals surface area contributed by atoms with Crippen molar-refractivity contribution in [3.05, 3.63) is 29.7 Å². The van der Waals surface area contributed by atoms with Gasteiger partial charge < -0.3 is 11.5 Å². The minimum absolute atomic E-state index is 0. The number of nitriles is 1. The molecule has 94 valence electrons. The monoisotopic (exact) mass is 265 g/mol. The Balaban J connectivity index is 0.00000162. The SMILES string of the molecule is C[C@H](N)c1nc(N)nn1-c1ccc(C#N)cn1.Cl. The van der Waals surface area contributed by atoms with Gasteiger partial charge in [0.2, 0.25) is 5.95 Å². The smallest absolute Gasteiger partial charge is 0.240 e. The molecule has 0 bridgehead atoms. The average Bonchev–Trinajstić information content (AvgIpc) is 2.72. The van der Waals surface area contributed by atoms with Crippen LogP contribution in [0.3, 0.4) is 0 Å². The van der Waals surface area contributed by atoms with E-state index in [2.05, 4.69) is 15.1 Å². The largest absolute Gasteiger partial charge is 0.366 e. The molecule has 2 aromatic heterocycles. The van der Waals surface area contributed by atoms with Crippen LogP contribution in [0.1, 0.15) is 24.4 Å². The van der Waals surface area contributed by atoms with E-state index in [0.29, 0.717) is 17.2 Å². The van der Waals surface area contributed by atoms with Crippen LogP contribution in [0.2, 0.25) is 0 Å². The predicted octanol–water partition coefficient (Wildman–Crippen LogP) is 0.558. The molecule has 1 atom stereocenters. The summed E-state index contributed by atoms with van der Waals surface area (Å²) >= 11 is 0. The van der Waals surface area contributed by atoms with E-state index in [9.17, 15) is 0 Å². The van der Waals surface area contributed by atoms with E-state index in [1.807, 2.05) is 6.07 Å². The van der Waals surface area contributed by atoms with Gasteiger partial charge in [-0.05, 0) is 19.1 Å². The molecular formula is C10H12ClN7. The number of nitrogens with two attached hydrogens (primary N) is 2. The summed E-state index contributed by atoms with van der Waals surface area (Å²) in [7, 11) is 0. The third-order valence-electron chi connectivity index (χ3n) is 2.15. The second-order valence-electron chi connectivity index (χ2n) is 3.55. The summed E-state index contributed by atoms with van der Waals surface area (Å²) in [5, 5.41) is 12.7. The lowest BCUT2D eigenvalue weighted by Gasteiger charge is -2.06. The van der Waals surface area contributed by atoms with Crippen LogP contribution in [-0.2, 0) is 0 Å². The summed E-state index contributed by atoms with van der Waals surface area (Å²) in [6.45, 7) is 1.78. The van der Waals surface area contributed by atoms with Gasteiger partial charge in [0.05, 0.1) is 11.6 Å². The maximum Gasteiger partial charge on any atom is 0.240 e. The summed E-state index contributed by atoms with van der Waals surface area (Å²) in [5.41, 5.74) is 11.8. The highest BCUT2D eigenvalue weighted by Crippen LogP contribution is 2.13. The highest BCUT2D eigenvalue weighted by molar-refractivity contribution is 5.85. The van der Waals surface area contributed by atoms with Crippen LogP contribution < -0.4 is 11.5 Å². The van der Waals surface area contributed by atoms with Gasteiger partial charge in [0.1, 0.15) is 6.07 Å². The normalized spacial score (nSPS) is 11.4. The second kappa shape index (κ2) is 5.44. The van der Waals surface area contributed by atoms with E-state index in [1.54, 1.807) is 19.1 Å². The third kappa shape index (κ3) is 2.56. The number of aromatic nitrogens is 4. The Hall–Kier alpha value is -2.17. The van der Waals surface area contributed by atoms with Crippen molar-refractivity contribution in [3.8, 4) is 11.9 Å². The molecule has 18 heavy (non-hydrogen) atoms. The van der Waals surface area contributed by atoms with Crippen molar-refractivity contribution in [2.75, 3.05) is 5.73 Å². The summed E-state index contributed by atoms with van der Waals surface area (Å²) < 4.78 is 1.47. The zero-order valence-corrected chi connectivity index (χ0v) is 10.4. The van der Waals surface area contributed by atoms with Crippen LogP contribution in [-0.4, -0.2) is 19.7 Å². The Morgan fingerprint density at radius 3 is 2.67 bits per heavy atom. The number of anilines is 1. The maximum atomic E-state index is 8.68. The summed E-state index contributed by atoms with van der Waals surface area (Å²) in [5.74, 6) is 1.20. The molecule has 2 aromatic rings. The van der Waals surface area contributed by atoms with Gasteiger partial charge in [-0.1, -0.05) is 0 Å². The van der Waals surface area contributed by atoms with Crippen molar-refractivity contribution >= 4 is 18.4 Å². The van der Waals surface area contributed by atoms with E-state index >= 15 is 0 Å². The van der Waals surface area contributed by atoms with Crippen molar-refractivity contribution in [2.24, 2.45) is 5.73 Å². The van der Waals surface area contributed by atoms with E-state index in [4.69, 9.17) is 16.7 Å². The number of hydrogen-bond donors (Lipinski definition) is 2. The molecule has 0 fully saturated rings. The number of rotatable bonds is 2. The molecule has 4 N–H and O–H groups in total. The maximum absolute atomic E-state index is 8.68. The molecule has 0 radical (unpaired) electrons. The molecule has 0 unspecified atom stereocenters. The first-order valence-corrected chi connectivity index (χ1v) is 4.96. The number of nitrogens with zero attached hydrogens (tertiary/aromatic N) is 5. The minimum atomic E-state index is -0.308. The molecule has 8 heteroatoms. The van der Waals surface area contributed by atoms with Crippen LogP contribution in [0.15, 0.2) is 18.3 Å². The zero-order valence-electron chi connectivity index (χ0n) is 9.61. The van der Waals surface area contributed by atoms with Crippen molar-refractivity contribution < 1.29 is 0 Å². The lowest BCUT2D eigenvalue weighted by molar-refractivity contribution is 0.681. The molecule has 0 spiro atoms. The molecule has 0 saturated heterocycles. The van der Waals surface area contributed by atoms with E-state index in [-0.39, 0.29) is 24.4 Å². The molecule has 0 aliphatic carbocycles. The van der Waals surface area contributed by atoms with Crippen molar-refractivity contribution in [3.63, 3.8) is 0 Å². The predicted molar refractivity (Wildman–Crippen MR) is 68.1 cm³/mol. The van der Waals surface area contributed by atoms with Crippen LogP contribution in [0.5, 0.6) is 0 Å². The molecule has 0 aliphatic rings. The number of hydrogen-bond acceptors (Lipinski definition) is 6. The average molecular weight is 266 g/mol. The van der Waals surface area contributed by atoms with Gasteiger partial charge in [-0.2, -0.15) is 14.9 Å². The van der Waals surface area contributed by atoms with E-state index in [1.165, 1.54) is 10.9 Å². The lowest BCUT2D eigenvalue weighted by atomic mass is 10.3. The Bertz CT molecular complexity index is 567. The van der Waals surface area contributed by atoms with E-state index in [0.717, 1.165) is 0 Å². The lowest BCUT2D eigenvalue weighted by Crippen LogP contribution is -2.14.